The number of amides is 1. The zero-order valence-electron chi connectivity index (χ0n) is 10.2. The van der Waals surface area contributed by atoms with Crippen LogP contribution in [0.15, 0.2) is 30.0 Å². The molecule has 1 rings (SSSR count). The SMILES string of the molecule is CC(=O)NC(=Cc1ccc(OC(F)(F)F)cc1)C(=O)O. The summed E-state index contributed by atoms with van der Waals surface area (Å²) in [7, 11) is 0. The van der Waals surface area contributed by atoms with Gasteiger partial charge in [-0.3, -0.25) is 4.79 Å². The third-order valence-electron chi connectivity index (χ3n) is 1.97. The molecule has 0 aliphatic carbocycles. The van der Waals surface area contributed by atoms with Crippen LogP contribution in [0.2, 0.25) is 0 Å². The van der Waals surface area contributed by atoms with E-state index in [4.69, 9.17) is 5.11 Å². The number of carbonyl (C=O) groups is 2. The summed E-state index contributed by atoms with van der Waals surface area (Å²) in [5.41, 5.74) is -0.0901. The molecule has 0 unspecified atom stereocenters. The fraction of sp³-hybridized carbons (Fsp3) is 0.167. The Bertz CT molecular complexity index is 535. The zero-order chi connectivity index (χ0) is 15.3. The third kappa shape index (κ3) is 5.42. The van der Waals surface area contributed by atoms with E-state index in [1.807, 2.05) is 0 Å². The maximum atomic E-state index is 11.9. The monoisotopic (exact) mass is 289 g/mol. The van der Waals surface area contributed by atoms with Crippen molar-refractivity contribution >= 4 is 18.0 Å². The van der Waals surface area contributed by atoms with Gasteiger partial charge in [-0.1, -0.05) is 12.1 Å². The van der Waals surface area contributed by atoms with Crippen molar-refractivity contribution in [1.82, 2.24) is 5.32 Å². The first-order chi connectivity index (χ1) is 9.17. The van der Waals surface area contributed by atoms with E-state index >= 15 is 0 Å². The molecule has 5 nitrogen and oxygen atoms in total. The highest BCUT2D eigenvalue weighted by atomic mass is 19.4. The van der Waals surface area contributed by atoms with Crippen molar-refractivity contribution in [3.8, 4) is 5.75 Å². The molecule has 2 N–H and O–H groups in total. The van der Waals surface area contributed by atoms with E-state index in [1.165, 1.54) is 12.1 Å². The van der Waals surface area contributed by atoms with E-state index in [1.54, 1.807) is 0 Å². The van der Waals surface area contributed by atoms with Gasteiger partial charge >= 0.3 is 12.3 Å². The van der Waals surface area contributed by atoms with Crippen molar-refractivity contribution in [1.29, 1.82) is 0 Å². The van der Waals surface area contributed by atoms with Gasteiger partial charge in [-0.25, -0.2) is 4.79 Å². The van der Waals surface area contributed by atoms with Crippen molar-refractivity contribution in [2.75, 3.05) is 0 Å². The fourth-order valence-corrected chi connectivity index (χ4v) is 1.27. The topological polar surface area (TPSA) is 75.6 Å². The van der Waals surface area contributed by atoms with Crippen molar-refractivity contribution in [2.45, 2.75) is 13.3 Å². The Morgan fingerprint density at radius 3 is 2.20 bits per heavy atom. The van der Waals surface area contributed by atoms with E-state index in [0.29, 0.717) is 5.56 Å². The van der Waals surface area contributed by atoms with Crippen LogP contribution in [0.3, 0.4) is 0 Å². The fourth-order valence-electron chi connectivity index (χ4n) is 1.27. The van der Waals surface area contributed by atoms with E-state index < -0.39 is 24.0 Å². The number of hydrogen-bond acceptors (Lipinski definition) is 3. The highest BCUT2D eigenvalue weighted by molar-refractivity contribution is 5.96. The lowest BCUT2D eigenvalue weighted by Gasteiger charge is -2.08. The molecule has 108 valence electrons. The number of nitrogens with one attached hydrogen (secondary N) is 1. The molecule has 0 heterocycles. The van der Waals surface area contributed by atoms with E-state index in [0.717, 1.165) is 25.1 Å². The van der Waals surface area contributed by atoms with Crippen LogP contribution in [0, 0.1) is 0 Å². The molecular formula is C12H10F3NO4. The third-order valence-corrected chi connectivity index (χ3v) is 1.97. The smallest absolute Gasteiger partial charge is 0.477 e. The van der Waals surface area contributed by atoms with E-state index in [2.05, 4.69) is 10.1 Å². The van der Waals surface area contributed by atoms with Gasteiger partial charge in [0.25, 0.3) is 0 Å². The first-order valence-electron chi connectivity index (χ1n) is 5.26. The molecule has 0 aromatic heterocycles. The molecule has 1 aromatic carbocycles. The minimum atomic E-state index is -4.79. The normalized spacial score (nSPS) is 11.9. The summed E-state index contributed by atoms with van der Waals surface area (Å²) in [6, 6.07) is 4.52. The maximum Gasteiger partial charge on any atom is 0.573 e. The maximum absolute atomic E-state index is 11.9. The predicted molar refractivity (Wildman–Crippen MR) is 62.6 cm³/mol. The van der Waals surface area contributed by atoms with Gasteiger partial charge in [-0.2, -0.15) is 0 Å². The summed E-state index contributed by atoms with van der Waals surface area (Å²) in [5.74, 6) is -2.36. The Balaban J connectivity index is 2.91. The zero-order valence-corrected chi connectivity index (χ0v) is 10.2. The second-order valence-electron chi connectivity index (χ2n) is 3.66. The number of ether oxygens (including phenoxy) is 1. The van der Waals surface area contributed by atoms with Gasteiger partial charge in [0.1, 0.15) is 11.4 Å². The Morgan fingerprint density at radius 1 is 1.25 bits per heavy atom. The van der Waals surface area contributed by atoms with E-state index in [-0.39, 0.29) is 5.70 Å². The van der Waals surface area contributed by atoms with Gasteiger partial charge in [0, 0.05) is 6.92 Å². The number of alkyl halides is 3. The van der Waals surface area contributed by atoms with Gasteiger partial charge in [0.05, 0.1) is 0 Å². The summed E-state index contributed by atoms with van der Waals surface area (Å²) >= 11 is 0. The van der Waals surface area contributed by atoms with Gasteiger partial charge in [0.15, 0.2) is 0 Å². The average Bonchev–Trinajstić information content (AvgIpc) is 2.28. The lowest BCUT2D eigenvalue weighted by atomic mass is 10.2. The van der Waals surface area contributed by atoms with Crippen LogP contribution in [0.5, 0.6) is 5.75 Å². The molecule has 0 saturated carbocycles. The summed E-state index contributed by atoms with van der Waals surface area (Å²) in [4.78, 5) is 21.6. The molecule has 1 aromatic rings. The molecule has 0 atom stereocenters. The number of halogens is 3. The molecule has 0 spiro atoms. The van der Waals surface area contributed by atoms with Crippen LogP contribution in [0.25, 0.3) is 6.08 Å². The summed E-state index contributed by atoms with van der Waals surface area (Å²) in [5, 5.41) is 10.9. The number of benzene rings is 1. The summed E-state index contributed by atoms with van der Waals surface area (Å²) < 4.78 is 39.5. The molecule has 0 saturated heterocycles. The number of aliphatic carboxylic acids is 1. The van der Waals surface area contributed by atoms with Crippen molar-refractivity contribution in [3.05, 3.63) is 35.5 Å². The number of carboxylic acids is 1. The minimum absolute atomic E-state index is 0.297. The summed E-state index contributed by atoms with van der Waals surface area (Å²) in [6.07, 6.45) is -3.68. The van der Waals surface area contributed by atoms with Crippen LogP contribution in [-0.2, 0) is 9.59 Å². The number of hydrogen-bond donors (Lipinski definition) is 2. The van der Waals surface area contributed by atoms with Crippen LogP contribution in [0.4, 0.5) is 13.2 Å². The molecular weight excluding hydrogens is 279 g/mol. The molecule has 0 radical (unpaired) electrons. The summed E-state index contributed by atoms with van der Waals surface area (Å²) in [6.45, 7) is 1.14. The predicted octanol–water partition coefficient (Wildman–Crippen LogP) is 2.15. The number of carboxylic acid groups (broad SMARTS) is 1. The second kappa shape index (κ2) is 6.09. The highest BCUT2D eigenvalue weighted by Gasteiger charge is 2.30. The highest BCUT2D eigenvalue weighted by Crippen LogP contribution is 2.23. The van der Waals surface area contributed by atoms with Gasteiger partial charge in [0.2, 0.25) is 5.91 Å². The minimum Gasteiger partial charge on any atom is -0.477 e. The largest absolute Gasteiger partial charge is 0.573 e. The van der Waals surface area contributed by atoms with Gasteiger partial charge < -0.3 is 15.2 Å². The molecule has 20 heavy (non-hydrogen) atoms. The lowest BCUT2D eigenvalue weighted by Crippen LogP contribution is -2.24. The van der Waals surface area contributed by atoms with Crippen LogP contribution >= 0.6 is 0 Å². The molecule has 0 aliphatic rings. The average molecular weight is 289 g/mol. The van der Waals surface area contributed by atoms with E-state index in [9.17, 15) is 22.8 Å². The van der Waals surface area contributed by atoms with Gasteiger partial charge in [-0.15, -0.1) is 13.2 Å². The Morgan fingerprint density at radius 2 is 1.80 bits per heavy atom. The molecule has 0 aliphatic heterocycles. The van der Waals surface area contributed by atoms with Crippen LogP contribution < -0.4 is 10.1 Å². The molecule has 8 heteroatoms. The standard InChI is InChI=1S/C12H10F3NO4/c1-7(17)16-10(11(18)19)6-8-2-4-9(5-3-8)20-12(13,14)15/h2-6H,1H3,(H,16,17)(H,18,19). The van der Waals surface area contributed by atoms with Crippen LogP contribution in [-0.4, -0.2) is 23.3 Å². The quantitative estimate of drug-likeness (QED) is 0.833. The van der Waals surface area contributed by atoms with Crippen molar-refractivity contribution < 1.29 is 32.6 Å². The van der Waals surface area contributed by atoms with Crippen molar-refractivity contribution in [2.24, 2.45) is 0 Å². The number of carbonyl (C=O) groups excluding carboxylic acids is 1. The second-order valence-corrected chi connectivity index (χ2v) is 3.66. The van der Waals surface area contributed by atoms with Crippen molar-refractivity contribution in [3.63, 3.8) is 0 Å². The number of rotatable bonds is 4. The molecule has 0 bridgehead atoms. The first-order valence-corrected chi connectivity index (χ1v) is 5.26. The van der Waals surface area contributed by atoms with Gasteiger partial charge in [-0.05, 0) is 23.8 Å². The lowest BCUT2D eigenvalue weighted by molar-refractivity contribution is -0.274. The Hall–Kier alpha value is -2.51. The Kier molecular flexibility index (Phi) is 4.73. The molecule has 1 amide bonds. The van der Waals surface area contributed by atoms with Crippen LogP contribution in [0.1, 0.15) is 12.5 Å². The first kappa shape index (κ1) is 15.5. The Labute approximate surface area is 111 Å². The molecule has 0 fully saturated rings.